The van der Waals surface area contributed by atoms with Crippen LogP contribution in [0.15, 0.2) is 65.7 Å². The predicted molar refractivity (Wildman–Crippen MR) is 122 cm³/mol. The second kappa shape index (κ2) is 11.0. The molecule has 6 nitrogen and oxygen atoms in total. The van der Waals surface area contributed by atoms with Crippen LogP contribution in [-0.4, -0.2) is 42.4 Å². The van der Waals surface area contributed by atoms with Crippen molar-refractivity contribution in [1.82, 2.24) is 10.3 Å². The van der Waals surface area contributed by atoms with Gasteiger partial charge in [-0.25, -0.2) is 21.6 Å². The van der Waals surface area contributed by atoms with Crippen molar-refractivity contribution in [2.24, 2.45) is 0 Å². The van der Waals surface area contributed by atoms with E-state index in [0.29, 0.717) is 12.2 Å². The van der Waals surface area contributed by atoms with Gasteiger partial charge in [0.15, 0.2) is 9.84 Å². The van der Waals surface area contributed by atoms with Gasteiger partial charge >= 0.3 is 0 Å². The molecule has 1 amide bonds. The summed E-state index contributed by atoms with van der Waals surface area (Å²) in [6.07, 6.45) is 3.16. The maximum atomic E-state index is 14.7. The van der Waals surface area contributed by atoms with Gasteiger partial charge in [-0.3, -0.25) is 9.78 Å². The summed E-state index contributed by atoms with van der Waals surface area (Å²) < 4.78 is 79.8. The molecule has 11 heteroatoms. The smallest absolute Gasteiger partial charge is 0.269 e. The fourth-order valence-electron chi connectivity index (χ4n) is 3.26. The Morgan fingerprint density at radius 2 is 1.74 bits per heavy atom. The number of sulfone groups is 1. The highest BCUT2D eigenvalue weighted by atomic mass is 32.2. The minimum absolute atomic E-state index is 0.00763. The van der Waals surface area contributed by atoms with E-state index in [0.717, 1.165) is 48.7 Å². The zero-order chi connectivity index (χ0) is 24.9. The Kier molecular flexibility index (Phi) is 8.34. The van der Waals surface area contributed by atoms with Crippen LogP contribution in [0.5, 0.6) is 0 Å². The quantitative estimate of drug-likeness (QED) is 0.270. The molecule has 0 aliphatic heterocycles. The lowest BCUT2D eigenvalue weighted by molar-refractivity contribution is 0.0948. The van der Waals surface area contributed by atoms with Crippen LogP contribution in [0.2, 0.25) is 0 Å². The van der Waals surface area contributed by atoms with E-state index >= 15 is 0 Å². The third kappa shape index (κ3) is 6.16. The Bertz CT molecular complexity index is 1250. The number of halogens is 3. The molecule has 0 saturated heterocycles. The number of amides is 1. The zero-order valence-electron chi connectivity index (χ0n) is 18.0. The van der Waals surface area contributed by atoms with Crippen LogP contribution in [-0.2, 0) is 21.0 Å². The molecule has 34 heavy (non-hydrogen) atoms. The minimum Gasteiger partial charge on any atom is -0.617 e. The molecule has 0 fully saturated rings. The second-order valence-corrected chi connectivity index (χ2v) is 11.0. The number of nitrogens with zero attached hydrogens (tertiary/aromatic N) is 1. The first-order valence-electron chi connectivity index (χ1n) is 10.1. The van der Waals surface area contributed by atoms with E-state index in [4.69, 9.17) is 0 Å². The molecule has 0 aliphatic rings. The van der Waals surface area contributed by atoms with Crippen LogP contribution >= 0.6 is 0 Å². The van der Waals surface area contributed by atoms with Crippen molar-refractivity contribution in [3.8, 4) is 0 Å². The van der Waals surface area contributed by atoms with Crippen molar-refractivity contribution < 1.29 is 30.9 Å². The molecule has 0 radical (unpaired) electrons. The van der Waals surface area contributed by atoms with E-state index in [1.807, 2.05) is 0 Å². The number of carbonyl (C=O) groups excluding carboxylic acids is 1. The minimum atomic E-state index is -4.36. The van der Waals surface area contributed by atoms with Crippen molar-refractivity contribution in [1.29, 1.82) is 0 Å². The Balaban J connectivity index is 1.97. The summed E-state index contributed by atoms with van der Waals surface area (Å²) in [4.78, 5) is 16.0. The Hall–Kier alpha value is -2.89. The van der Waals surface area contributed by atoms with Crippen molar-refractivity contribution >= 4 is 26.9 Å². The van der Waals surface area contributed by atoms with E-state index in [1.165, 1.54) is 12.1 Å². The summed E-state index contributed by atoms with van der Waals surface area (Å²) in [6, 6.07) is 8.99. The zero-order valence-corrected chi connectivity index (χ0v) is 19.6. The van der Waals surface area contributed by atoms with Gasteiger partial charge in [0.2, 0.25) is 0 Å². The maximum absolute atomic E-state index is 14.7. The molecular formula is C23H21F3N2O4S2. The number of aromatic nitrogens is 1. The average molecular weight is 511 g/mol. The largest absolute Gasteiger partial charge is 0.617 e. The summed E-state index contributed by atoms with van der Waals surface area (Å²) in [7, 11) is -4.36. The number of hydrogen-bond acceptors (Lipinski definition) is 5. The molecule has 2 atom stereocenters. The van der Waals surface area contributed by atoms with E-state index in [-0.39, 0.29) is 22.7 Å². The molecule has 1 N–H and O–H groups in total. The van der Waals surface area contributed by atoms with Gasteiger partial charge in [-0.1, -0.05) is 17.2 Å². The van der Waals surface area contributed by atoms with Crippen LogP contribution in [0, 0.1) is 17.5 Å². The van der Waals surface area contributed by atoms with Gasteiger partial charge in [0.25, 0.3) is 5.91 Å². The third-order valence-electron chi connectivity index (χ3n) is 4.91. The van der Waals surface area contributed by atoms with Crippen LogP contribution in [0.25, 0.3) is 0 Å². The third-order valence-corrected chi connectivity index (χ3v) is 7.85. The molecule has 180 valence electrons. The van der Waals surface area contributed by atoms with Crippen LogP contribution in [0.4, 0.5) is 13.2 Å². The van der Waals surface area contributed by atoms with E-state index in [9.17, 15) is 30.9 Å². The summed E-state index contributed by atoms with van der Waals surface area (Å²) in [5.41, 5.74) is -0.471. The lowest BCUT2D eigenvalue weighted by Crippen LogP contribution is -2.26. The fourth-order valence-corrected chi connectivity index (χ4v) is 5.62. The molecule has 1 heterocycles. The molecule has 0 spiro atoms. The number of benzene rings is 2. The van der Waals surface area contributed by atoms with Gasteiger partial charge in [0.05, 0.1) is 11.2 Å². The standard InChI is InChI=1S/C23H21F3N2O4S2/c1-33(30)12-2-11-27-23(29)21-10-3-15(14-28-21)22(19-13-17(25)6-9-20(19)26)34(31,32)18-7-4-16(24)5-8-18/h3-10,13-14,22H,2,11-12H2,1H3,(H,27,29). The van der Waals surface area contributed by atoms with Crippen molar-refractivity contribution in [3.05, 3.63) is 95.1 Å². The number of rotatable bonds is 9. The normalized spacial score (nSPS) is 13.3. The molecule has 0 aliphatic carbocycles. The molecule has 2 aromatic carbocycles. The lowest BCUT2D eigenvalue weighted by Gasteiger charge is -2.19. The molecule has 0 bridgehead atoms. The maximum Gasteiger partial charge on any atom is 0.269 e. The van der Waals surface area contributed by atoms with Gasteiger partial charge in [-0.2, -0.15) is 0 Å². The summed E-state index contributed by atoms with van der Waals surface area (Å²) in [5.74, 6) is -2.55. The first-order chi connectivity index (χ1) is 16.1. The predicted octanol–water partition coefficient (Wildman–Crippen LogP) is 3.56. The van der Waals surface area contributed by atoms with E-state index in [1.54, 1.807) is 6.26 Å². The van der Waals surface area contributed by atoms with Gasteiger partial charge in [0, 0.05) is 24.7 Å². The molecule has 0 saturated carbocycles. The Labute approximate surface area is 198 Å². The summed E-state index contributed by atoms with van der Waals surface area (Å²) in [6.45, 7) is 0.276. The number of nitrogens with one attached hydrogen (secondary N) is 1. The average Bonchev–Trinajstić information content (AvgIpc) is 2.79. The summed E-state index contributed by atoms with van der Waals surface area (Å²) in [5, 5.41) is 0.917. The van der Waals surface area contributed by atoms with Crippen molar-refractivity contribution in [2.45, 2.75) is 16.6 Å². The molecule has 3 aromatic rings. The van der Waals surface area contributed by atoms with E-state index in [2.05, 4.69) is 10.3 Å². The van der Waals surface area contributed by atoms with Crippen molar-refractivity contribution in [2.75, 3.05) is 18.6 Å². The van der Waals surface area contributed by atoms with Crippen LogP contribution < -0.4 is 5.32 Å². The summed E-state index contributed by atoms with van der Waals surface area (Å²) >= 11 is -0.983. The monoisotopic (exact) mass is 510 g/mol. The number of carbonyl (C=O) groups is 1. The highest BCUT2D eigenvalue weighted by Crippen LogP contribution is 2.36. The Morgan fingerprint density at radius 1 is 1.06 bits per heavy atom. The van der Waals surface area contributed by atoms with Gasteiger partial charge in [-0.15, -0.1) is 0 Å². The number of hydrogen-bond donors (Lipinski definition) is 1. The first kappa shape index (κ1) is 25.7. The second-order valence-electron chi connectivity index (χ2n) is 7.41. The molecule has 3 rings (SSSR count). The molecule has 2 unspecified atom stereocenters. The SMILES string of the molecule is C[S+]([O-])CCCNC(=O)c1ccc(C(c2cc(F)ccc2F)S(=O)(=O)c2ccc(F)cc2)cn1. The van der Waals surface area contributed by atoms with Crippen LogP contribution in [0.3, 0.4) is 0 Å². The Morgan fingerprint density at radius 3 is 2.35 bits per heavy atom. The van der Waals surface area contributed by atoms with Crippen LogP contribution in [0.1, 0.15) is 33.3 Å². The van der Waals surface area contributed by atoms with Crippen molar-refractivity contribution in [3.63, 3.8) is 0 Å². The van der Waals surface area contributed by atoms with Gasteiger partial charge in [0.1, 0.15) is 34.1 Å². The fraction of sp³-hybridized carbons (Fsp3) is 0.217. The van der Waals surface area contributed by atoms with Gasteiger partial charge in [-0.05, 0) is 54.1 Å². The lowest BCUT2D eigenvalue weighted by atomic mass is 10.0. The van der Waals surface area contributed by atoms with Gasteiger partial charge < -0.3 is 9.87 Å². The highest BCUT2D eigenvalue weighted by Gasteiger charge is 2.33. The first-order valence-corrected chi connectivity index (χ1v) is 13.4. The molecular weight excluding hydrogens is 489 g/mol. The van der Waals surface area contributed by atoms with E-state index < -0.39 is 55.2 Å². The number of pyridine rings is 1. The highest BCUT2D eigenvalue weighted by molar-refractivity contribution is 7.92. The topological polar surface area (TPSA) is 99.2 Å². The molecule has 1 aromatic heterocycles.